The Morgan fingerprint density at radius 1 is 1.18 bits per heavy atom. The molecule has 1 fully saturated rings. The molecular formula is C19H29BF2N2O4. The van der Waals surface area contributed by atoms with Crippen LogP contribution in [0.3, 0.4) is 0 Å². The molecule has 1 heterocycles. The minimum Gasteiger partial charge on any atom is -0.427 e. The van der Waals surface area contributed by atoms with E-state index < -0.39 is 18.8 Å². The van der Waals surface area contributed by atoms with Crippen molar-refractivity contribution in [1.82, 2.24) is 4.90 Å². The second-order valence-corrected chi connectivity index (χ2v) is 7.19. The average molecular weight is 398 g/mol. The minimum atomic E-state index is -1.21. The van der Waals surface area contributed by atoms with Crippen molar-refractivity contribution in [3.63, 3.8) is 0 Å². The zero-order chi connectivity index (χ0) is 20.9. The van der Waals surface area contributed by atoms with E-state index in [1.807, 2.05) is 0 Å². The summed E-state index contributed by atoms with van der Waals surface area (Å²) in [5.74, 6) is -1.07. The van der Waals surface area contributed by atoms with Crippen molar-refractivity contribution in [2.45, 2.75) is 50.9 Å². The second-order valence-electron chi connectivity index (χ2n) is 7.19. The largest absolute Gasteiger partial charge is 0.451 e. The molecule has 0 saturated carbocycles. The molecule has 1 aromatic rings. The van der Waals surface area contributed by atoms with Crippen LogP contribution in [0.25, 0.3) is 0 Å². The van der Waals surface area contributed by atoms with E-state index in [0.29, 0.717) is 12.2 Å². The molecule has 0 bridgehead atoms. The molecule has 4 N–H and O–H groups in total. The first-order chi connectivity index (χ1) is 13.4. The average Bonchev–Trinajstić information content (AvgIpc) is 2.67. The Hall–Kier alpha value is -1.64. The molecule has 6 nitrogen and oxygen atoms in total. The number of halogens is 2. The molecule has 1 atom stereocenters. The van der Waals surface area contributed by atoms with Crippen molar-refractivity contribution >= 4 is 13.3 Å². The SMILES string of the molecule is NC(CCCCB(O)O)C1CCN(CCc2ccc(F)c(F)c2)CC1.O=C=O. The molecule has 1 aromatic carbocycles. The Labute approximate surface area is 164 Å². The summed E-state index contributed by atoms with van der Waals surface area (Å²) in [6.07, 6.45) is 6.13. The number of likely N-dealkylation sites (tertiary alicyclic amines) is 1. The fraction of sp³-hybridized carbons (Fsp3) is 0.632. The molecule has 1 aliphatic heterocycles. The summed E-state index contributed by atoms with van der Waals surface area (Å²) in [5, 5.41) is 17.7. The molecule has 1 aliphatic rings. The number of benzene rings is 1. The molecule has 1 unspecified atom stereocenters. The number of unbranched alkanes of at least 4 members (excludes halogenated alkanes) is 1. The van der Waals surface area contributed by atoms with Gasteiger partial charge in [0.15, 0.2) is 11.6 Å². The maximum Gasteiger partial charge on any atom is 0.451 e. The Morgan fingerprint density at radius 2 is 1.82 bits per heavy atom. The predicted molar refractivity (Wildman–Crippen MR) is 101 cm³/mol. The Morgan fingerprint density at radius 3 is 2.39 bits per heavy atom. The quantitative estimate of drug-likeness (QED) is 0.431. The summed E-state index contributed by atoms with van der Waals surface area (Å²) in [4.78, 5) is 18.6. The van der Waals surface area contributed by atoms with Crippen molar-refractivity contribution in [2.24, 2.45) is 11.7 Å². The van der Waals surface area contributed by atoms with Gasteiger partial charge >= 0.3 is 13.3 Å². The van der Waals surface area contributed by atoms with Crippen LogP contribution in [-0.2, 0) is 16.0 Å². The van der Waals surface area contributed by atoms with E-state index in [2.05, 4.69) is 4.90 Å². The highest BCUT2D eigenvalue weighted by Gasteiger charge is 2.24. The van der Waals surface area contributed by atoms with Crippen LogP contribution in [0.2, 0.25) is 6.32 Å². The van der Waals surface area contributed by atoms with E-state index in [1.165, 1.54) is 12.1 Å². The highest BCUT2D eigenvalue weighted by Crippen LogP contribution is 2.23. The minimum absolute atomic E-state index is 0.171. The van der Waals surface area contributed by atoms with Gasteiger partial charge in [-0.25, -0.2) is 8.78 Å². The lowest BCUT2D eigenvalue weighted by atomic mass is 9.82. The summed E-state index contributed by atoms with van der Waals surface area (Å²) in [5.41, 5.74) is 7.11. The smallest absolute Gasteiger partial charge is 0.427 e. The molecule has 2 rings (SSSR count). The maximum atomic E-state index is 13.2. The van der Waals surface area contributed by atoms with E-state index >= 15 is 0 Å². The Balaban J connectivity index is 0.00000122. The first-order valence-corrected chi connectivity index (χ1v) is 9.64. The highest BCUT2D eigenvalue weighted by molar-refractivity contribution is 6.40. The van der Waals surface area contributed by atoms with Crippen molar-refractivity contribution in [1.29, 1.82) is 0 Å². The standard InChI is InChI=1S/C18H29BF2N2O2.CO2/c20-16-5-4-14(13-17(16)21)6-10-23-11-7-15(8-12-23)18(22)3-1-2-9-19(24)25;2-1-3/h4-5,13,15,18,24-25H,1-3,6-12,22H2;. The Kier molecular flexibility index (Phi) is 11.8. The van der Waals surface area contributed by atoms with Gasteiger partial charge in [0.05, 0.1) is 0 Å². The molecule has 0 amide bonds. The van der Waals surface area contributed by atoms with Gasteiger partial charge in [0, 0.05) is 12.6 Å². The lowest BCUT2D eigenvalue weighted by Gasteiger charge is -2.34. The van der Waals surface area contributed by atoms with Crippen LogP contribution < -0.4 is 5.73 Å². The van der Waals surface area contributed by atoms with E-state index in [1.54, 1.807) is 6.07 Å². The highest BCUT2D eigenvalue weighted by atomic mass is 19.2. The Bertz CT molecular complexity index is 608. The number of hydrogen-bond acceptors (Lipinski definition) is 6. The second kappa shape index (κ2) is 13.5. The third kappa shape index (κ3) is 9.53. The van der Waals surface area contributed by atoms with Crippen LogP contribution in [0.4, 0.5) is 8.78 Å². The van der Waals surface area contributed by atoms with Gasteiger partial charge in [-0.1, -0.05) is 18.9 Å². The number of piperidine rings is 1. The van der Waals surface area contributed by atoms with Gasteiger partial charge in [-0.3, -0.25) is 0 Å². The summed E-state index contributed by atoms with van der Waals surface area (Å²) in [7, 11) is -1.21. The maximum absolute atomic E-state index is 13.2. The molecule has 156 valence electrons. The van der Waals surface area contributed by atoms with Crippen molar-refractivity contribution < 1.29 is 28.4 Å². The fourth-order valence-corrected chi connectivity index (χ4v) is 3.53. The molecular weight excluding hydrogens is 369 g/mol. The van der Waals surface area contributed by atoms with E-state index in [-0.39, 0.29) is 12.2 Å². The van der Waals surface area contributed by atoms with Gasteiger partial charge in [0.1, 0.15) is 0 Å². The number of nitrogens with zero attached hydrogens (tertiary/aromatic N) is 1. The third-order valence-corrected chi connectivity index (χ3v) is 5.19. The van der Waals surface area contributed by atoms with Gasteiger partial charge in [-0.2, -0.15) is 9.59 Å². The molecule has 0 radical (unpaired) electrons. The zero-order valence-electron chi connectivity index (χ0n) is 16.0. The first kappa shape index (κ1) is 24.4. The van der Waals surface area contributed by atoms with Gasteiger partial charge in [0.2, 0.25) is 0 Å². The monoisotopic (exact) mass is 398 g/mol. The van der Waals surface area contributed by atoms with Crippen LogP contribution >= 0.6 is 0 Å². The lowest BCUT2D eigenvalue weighted by Crippen LogP contribution is -2.41. The van der Waals surface area contributed by atoms with E-state index in [4.69, 9.17) is 25.4 Å². The summed E-state index contributed by atoms with van der Waals surface area (Å²) < 4.78 is 26.2. The summed E-state index contributed by atoms with van der Waals surface area (Å²) >= 11 is 0. The fourth-order valence-electron chi connectivity index (χ4n) is 3.53. The van der Waals surface area contributed by atoms with Gasteiger partial charge in [0.25, 0.3) is 0 Å². The van der Waals surface area contributed by atoms with Crippen LogP contribution in [0, 0.1) is 17.6 Å². The molecule has 0 spiro atoms. The third-order valence-electron chi connectivity index (χ3n) is 5.19. The van der Waals surface area contributed by atoms with Crippen LogP contribution in [0.5, 0.6) is 0 Å². The molecule has 28 heavy (non-hydrogen) atoms. The van der Waals surface area contributed by atoms with Gasteiger partial charge < -0.3 is 20.7 Å². The molecule has 0 aliphatic carbocycles. The number of hydrogen-bond donors (Lipinski definition) is 3. The number of nitrogens with two attached hydrogens (primary N) is 1. The van der Waals surface area contributed by atoms with Gasteiger partial charge in [-0.15, -0.1) is 0 Å². The van der Waals surface area contributed by atoms with Crippen molar-refractivity contribution in [3.8, 4) is 0 Å². The van der Waals surface area contributed by atoms with Crippen molar-refractivity contribution in [3.05, 3.63) is 35.4 Å². The predicted octanol–water partition coefficient (Wildman–Crippen LogP) is 1.61. The number of carbonyl (C=O) groups excluding carboxylic acids is 2. The van der Waals surface area contributed by atoms with Crippen LogP contribution in [0.1, 0.15) is 37.7 Å². The molecule has 1 saturated heterocycles. The summed E-state index contributed by atoms with van der Waals surface area (Å²) in [6, 6.07) is 4.28. The van der Waals surface area contributed by atoms with Crippen LogP contribution in [0.15, 0.2) is 18.2 Å². The zero-order valence-corrected chi connectivity index (χ0v) is 16.0. The summed E-state index contributed by atoms with van der Waals surface area (Å²) in [6.45, 7) is 2.82. The van der Waals surface area contributed by atoms with Crippen molar-refractivity contribution in [2.75, 3.05) is 19.6 Å². The molecule has 0 aromatic heterocycles. The van der Waals surface area contributed by atoms with Crippen LogP contribution in [-0.4, -0.2) is 53.9 Å². The molecule has 9 heteroatoms. The normalized spacial score (nSPS) is 16.0. The van der Waals surface area contributed by atoms with E-state index in [9.17, 15) is 8.78 Å². The lowest BCUT2D eigenvalue weighted by molar-refractivity contribution is -0.191. The van der Waals surface area contributed by atoms with Gasteiger partial charge in [-0.05, 0) is 68.7 Å². The topological polar surface area (TPSA) is 104 Å². The van der Waals surface area contributed by atoms with E-state index in [0.717, 1.165) is 63.7 Å². The number of rotatable bonds is 9. The first-order valence-electron chi connectivity index (χ1n) is 9.64.